The van der Waals surface area contributed by atoms with Crippen LogP contribution in [0.15, 0.2) is 70.3 Å². The van der Waals surface area contributed by atoms with E-state index in [0.29, 0.717) is 39.8 Å². The first-order chi connectivity index (χ1) is 17.1. The van der Waals surface area contributed by atoms with Gasteiger partial charge in [0, 0.05) is 18.3 Å². The van der Waals surface area contributed by atoms with Crippen molar-refractivity contribution >= 4 is 34.3 Å². The number of hydrogen-bond donors (Lipinski definition) is 0. The van der Waals surface area contributed by atoms with Gasteiger partial charge in [-0.2, -0.15) is 0 Å². The summed E-state index contributed by atoms with van der Waals surface area (Å²) in [5.41, 5.74) is 2.26. The zero-order valence-electron chi connectivity index (χ0n) is 19.8. The van der Waals surface area contributed by atoms with E-state index in [1.165, 1.54) is 22.7 Å². The number of carbonyl (C=O) groups is 1. The number of para-hydroxylation sites is 1. The third kappa shape index (κ3) is 4.32. The van der Waals surface area contributed by atoms with E-state index in [-0.39, 0.29) is 17.2 Å². The molecular formula is C26H27N5O3S. The van der Waals surface area contributed by atoms with E-state index in [1.54, 1.807) is 19.2 Å². The Bertz CT molecular complexity index is 1490. The summed E-state index contributed by atoms with van der Waals surface area (Å²) >= 11 is 1.34. The summed E-state index contributed by atoms with van der Waals surface area (Å²) in [6.45, 7) is 2.65. The molecule has 1 amide bonds. The quantitative estimate of drug-likeness (QED) is 0.357. The highest BCUT2D eigenvalue weighted by molar-refractivity contribution is 7.99. The third-order valence-corrected chi connectivity index (χ3v) is 7.18. The minimum atomic E-state index is -0.192. The summed E-state index contributed by atoms with van der Waals surface area (Å²) < 4.78 is 8.75. The van der Waals surface area contributed by atoms with Crippen LogP contribution in [0.5, 0.6) is 5.75 Å². The number of ether oxygens (including phenoxy) is 1. The molecule has 1 aliphatic rings. The molecule has 0 spiro atoms. The number of aromatic nitrogens is 4. The van der Waals surface area contributed by atoms with Gasteiger partial charge in [-0.05, 0) is 56.9 Å². The molecule has 0 saturated heterocycles. The lowest BCUT2D eigenvalue weighted by Gasteiger charge is -2.26. The Labute approximate surface area is 207 Å². The predicted molar refractivity (Wildman–Crippen MR) is 137 cm³/mol. The van der Waals surface area contributed by atoms with Gasteiger partial charge in [0.05, 0.1) is 29.5 Å². The number of nitrogens with zero attached hydrogens (tertiary/aromatic N) is 5. The topological polar surface area (TPSA) is 81.7 Å². The maximum absolute atomic E-state index is 13.5. The van der Waals surface area contributed by atoms with Crippen LogP contribution < -0.4 is 10.3 Å². The normalized spacial score (nSPS) is 13.7. The maximum Gasteiger partial charge on any atom is 0.267 e. The highest BCUT2D eigenvalue weighted by Crippen LogP contribution is 2.26. The predicted octanol–water partition coefficient (Wildman–Crippen LogP) is 4.44. The van der Waals surface area contributed by atoms with Gasteiger partial charge in [-0.15, -0.1) is 10.2 Å². The molecule has 35 heavy (non-hydrogen) atoms. The molecule has 2 aromatic carbocycles. The molecular weight excluding hydrogens is 462 g/mol. The summed E-state index contributed by atoms with van der Waals surface area (Å²) in [5, 5.41) is 9.86. The first-order valence-corrected chi connectivity index (χ1v) is 12.8. The number of amides is 1. The Hall–Kier alpha value is -3.59. The Balaban J connectivity index is 1.56. The van der Waals surface area contributed by atoms with Crippen molar-refractivity contribution in [3.8, 4) is 11.4 Å². The van der Waals surface area contributed by atoms with Crippen LogP contribution in [0, 0.1) is 0 Å². The van der Waals surface area contributed by atoms with Crippen molar-refractivity contribution in [1.29, 1.82) is 0 Å². The molecule has 2 aromatic heterocycles. The smallest absolute Gasteiger partial charge is 0.267 e. The summed E-state index contributed by atoms with van der Waals surface area (Å²) in [4.78, 5) is 28.5. The zero-order valence-corrected chi connectivity index (χ0v) is 20.6. The van der Waals surface area contributed by atoms with E-state index in [4.69, 9.17) is 4.74 Å². The van der Waals surface area contributed by atoms with E-state index < -0.39 is 0 Å². The highest BCUT2D eigenvalue weighted by atomic mass is 32.2. The zero-order chi connectivity index (χ0) is 24.4. The van der Waals surface area contributed by atoms with Gasteiger partial charge in [0.25, 0.3) is 5.56 Å². The average Bonchev–Trinajstić information content (AvgIpc) is 3.32. The van der Waals surface area contributed by atoms with E-state index in [9.17, 15) is 9.59 Å². The van der Waals surface area contributed by atoms with Crippen molar-refractivity contribution in [1.82, 2.24) is 24.1 Å². The molecule has 0 bridgehead atoms. The molecule has 180 valence electrons. The van der Waals surface area contributed by atoms with Crippen LogP contribution in [0.2, 0.25) is 0 Å². The largest absolute Gasteiger partial charge is 0.497 e. The lowest BCUT2D eigenvalue weighted by Crippen LogP contribution is -2.32. The van der Waals surface area contributed by atoms with Crippen molar-refractivity contribution in [3.63, 3.8) is 0 Å². The number of allylic oxidation sites excluding steroid dienone is 2. The molecule has 0 atom stereocenters. The second kappa shape index (κ2) is 9.95. The monoisotopic (exact) mass is 489 g/mol. The molecule has 0 fully saturated rings. The number of hydrogen-bond acceptors (Lipinski definition) is 6. The molecule has 5 rings (SSSR count). The molecule has 0 aliphatic heterocycles. The van der Waals surface area contributed by atoms with Gasteiger partial charge < -0.3 is 9.64 Å². The van der Waals surface area contributed by atoms with E-state index >= 15 is 0 Å². The number of rotatable bonds is 7. The number of carbonyl (C=O) groups excluding carboxylic acids is 1. The van der Waals surface area contributed by atoms with Crippen molar-refractivity contribution < 1.29 is 9.53 Å². The molecule has 8 nitrogen and oxygen atoms in total. The van der Waals surface area contributed by atoms with Crippen LogP contribution in [0.3, 0.4) is 0 Å². The second-order valence-electron chi connectivity index (χ2n) is 8.35. The fourth-order valence-corrected chi connectivity index (χ4v) is 5.38. The molecule has 0 saturated carbocycles. The fourth-order valence-electron chi connectivity index (χ4n) is 4.56. The molecule has 9 heteroatoms. The van der Waals surface area contributed by atoms with E-state index in [0.717, 1.165) is 25.0 Å². The van der Waals surface area contributed by atoms with Gasteiger partial charge in [0.2, 0.25) is 11.7 Å². The van der Waals surface area contributed by atoms with Gasteiger partial charge in [0.15, 0.2) is 5.16 Å². The average molecular weight is 490 g/mol. The maximum atomic E-state index is 13.5. The minimum Gasteiger partial charge on any atom is -0.497 e. The Morgan fingerprint density at radius 1 is 1.14 bits per heavy atom. The standard InChI is InChI=1S/C26H27N5O3S/c1-3-29(18-10-5-4-6-11-18)23(32)17-35-26-28-27-25-30(19-12-9-13-20(16-19)34-2)24(33)21-14-7-8-15-22(21)31(25)26/h7-10,12-16H,3-6,11,17H2,1-2H3. The van der Waals surface area contributed by atoms with Crippen LogP contribution >= 0.6 is 11.8 Å². The number of fused-ring (bicyclic) bond motifs is 3. The molecule has 0 unspecified atom stereocenters. The molecule has 0 N–H and O–H groups in total. The third-order valence-electron chi connectivity index (χ3n) is 6.26. The first kappa shape index (κ1) is 23.2. The lowest BCUT2D eigenvalue weighted by atomic mass is 10.0. The summed E-state index contributed by atoms with van der Waals surface area (Å²) in [5.74, 6) is 1.31. The molecule has 2 heterocycles. The molecule has 1 aliphatic carbocycles. The van der Waals surface area contributed by atoms with Crippen molar-refractivity contribution in [2.24, 2.45) is 0 Å². The van der Waals surface area contributed by atoms with Crippen LogP contribution in [0.25, 0.3) is 22.4 Å². The van der Waals surface area contributed by atoms with Gasteiger partial charge in [-0.25, -0.2) is 4.57 Å². The van der Waals surface area contributed by atoms with Crippen molar-refractivity contribution in [2.45, 2.75) is 37.8 Å². The van der Waals surface area contributed by atoms with E-state index in [2.05, 4.69) is 16.3 Å². The minimum absolute atomic E-state index is 0.0489. The van der Waals surface area contributed by atoms with Gasteiger partial charge in [-0.1, -0.05) is 36.0 Å². The lowest BCUT2D eigenvalue weighted by molar-refractivity contribution is -0.126. The van der Waals surface area contributed by atoms with Gasteiger partial charge in [-0.3, -0.25) is 14.0 Å². The summed E-state index contributed by atoms with van der Waals surface area (Å²) in [7, 11) is 1.59. The Morgan fingerprint density at radius 2 is 2.00 bits per heavy atom. The highest BCUT2D eigenvalue weighted by Gasteiger charge is 2.22. The first-order valence-electron chi connectivity index (χ1n) is 11.8. The molecule has 0 radical (unpaired) electrons. The summed E-state index contributed by atoms with van der Waals surface area (Å²) in [6.07, 6.45) is 6.44. The fraction of sp³-hybridized carbons (Fsp3) is 0.308. The Morgan fingerprint density at radius 3 is 2.77 bits per heavy atom. The SMILES string of the molecule is CCN(C(=O)CSc1nnc2n(-c3cccc(OC)c3)c(=O)c3ccccc3n12)C1=CCCCC1. The van der Waals surface area contributed by atoms with Crippen LogP contribution in [-0.2, 0) is 4.79 Å². The van der Waals surface area contributed by atoms with Gasteiger partial charge >= 0.3 is 0 Å². The van der Waals surface area contributed by atoms with Crippen molar-refractivity contribution in [3.05, 3.63) is 70.7 Å². The number of methoxy groups -OCH3 is 1. The van der Waals surface area contributed by atoms with Crippen LogP contribution in [0.4, 0.5) is 0 Å². The Kier molecular flexibility index (Phi) is 6.59. The van der Waals surface area contributed by atoms with Crippen LogP contribution in [0.1, 0.15) is 32.6 Å². The summed E-state index contributed by atoms with van der Waals surface area (Å²) in [6, 6.07) is 14.7. The van der Waals surface area contributed by atoms with Gasteiger partial charge in [0.1, 0.15) is 5.75 Å². The number of thioether (sulfide) groups is 1. The molecule has 4 aromatic rings. The van der Waals surface area contributed by atoms with Crippen LogP contribution in [-0.4, -0.2) is 49.4 Å². The van der Waals surface area contributed by atoms with Crippen molar-refractivity contribution in [2.75, 3.05) is 19.4 Å². The van der Waals surface area contributed by atoms with E-state index in [1.807, 2.05) is 52.6 Å². The number of benzene rings is 2. The second-order valence-corrected chi connectivity index (χ2v) is 9.29.